The second-order valence-corrected chi connectivity index (χ2v) is 8.69. The van der Waals surface area contributed by atoms with E-state index in [1.54, 1.807) is 0 Å². The fourth-order valence-electron chi connectivity index (χ4n) is 3.41. The number of para-hydroxylation sites is 1. The second kappa shape index (κ2) is 9.81. The number of ether oxygens (including phenoxy) is 2. The molecule has 1 heterocycles. The van der Waals surface area contributed by atoms with Crippen LogP contribution in [0.4, 0.5) is 5.69 Å². The van der Waals surface area contributed by atoms with Gasteiger partial charge < -0.3 is 9.47 Å². The van der Waals surface area contributed by atoms with Crippen LogP contribution in [0.3, 0.4) is 0 Å². The first-order valence-electron chi connectivity index (χ1n) is 9.26. The summed E-state index contributed by atoms with van der Waals surface area (Å²) in [5, 5.41) is 11.3. The number of sulfonamides is 1. The molecular weight excluding hydrogens is 416 g/mol. The molecule has 2 rings (SSSR count). The molecule has 0 aliphatic carbocycles. The van der Waals surface area contributed by atoms with Gasteiger partial charge in [0.1, 0.15) is 0 Å². The number of methoxy groups -OCH3 is 2. The van der Waals surface area contributed by atoms with Crippen molar-refractivity contribution in [3.8, 4) is 0 Å². The Hall–Kier alpha value is -2.79. The van der Waals surface area contributed by atoms with E-state index in [2.05, 4.69) is 0 Å². The topological polar surface area (TPSA) is 133 Å². The smallest absolute Gasteiger partial charge is 0.323 e. The number of benzene rings is 1. The van der Waals surface area contributed by atoms with Crippen LogP contribution in [0.2, 0.25) is 0 Å². The zero-order chi connectivity index (χ0) is 22.4. The molecule has 1 aliphatic rings. The molecule has 0 unspecified atom stereocenters. The van der Waals surface area contributed by atoms with Crippen molar-refractivity contribution in [3.05, 3.63) is 46.5 Å². The van der Waals surface area contributed by atoms with Gasteiger partial charge in [0.25, 0.3) is 5.69 Å². The SMILES string of the molecule is COC(=O)C1(C(=O)OC)C/C=C/CN(S(=O)(=O)c2ccccc2[N+](=O)[O-])CCCC1. The molecule has 0 saturated heterocycles. The lowest BCUT2D eigenvalue weighted by Gasteiger charge is -2.28. The Morgan fingerprint density at radius 1 is 1.10 bits per heavy atom. The fraction of sp³-hybridized carbons (Fsp3) is 0.474. The second-order valence-electron chi connectivity index (χ2n) is 6.79. The summed E-state index contributed by atoms with van der Waals surface area (Å²) in [6.45, 7) is 0.00392. The highest BCUT2D eigenvalue weighted by Gasteiger charge is 2.47. The summed E-state index contributed by atoms with van der Waals surface area (Å²) < 4.78 is 36.9. The zero-order valence-electron chi connectivity index (χ0n) is 16.8. The van der Waals surface area contributed by atoms with Crippen LogP contribution in [-0.2, 0) is 29.1 Å². The minimum Gasteiger partial charge on any atom is -0.468 e. The highest BCUT2D eigenvalue weighted by molar-refractivity contribution is 7.89. The van der Waals surface area contributed by atoms with E-state index in [-0.39, 0.29) is 30.8 Å². The summed E-state index contributed by atoms with van der Waals surface area (Å²) in [4.78, 5) is 34.8. The maximum absolute atomic E-state index is 13.1. The molecule has 1 aliphatic heterocycles. The average Bonchev–Trinajstić information content (AvgIpc) is 2.75. The number of hydrogen-bond donors (Lipinski definition) is 0. The van der Waals surface area contributed by atoms with Crippen LogP contribution < -0.4 is 0 Å². The lowest BCUT2D eigenvalue weighted by molar-refractivity contribution is -0.387. The van der Waals surface area contributed by atoms with Gasteiger partial charge in [-0.25, -0.2) is 8.42 Å². The monoisotopic (exact) mass is 440 g/mol. The molecule has 164 valence electrons. The first kappa shape index (κ1) is 23.5. The largest absolute Gasteiger partial charge is 0.468 e. The van der Waals surface area contributed by atoms with E-state index in [0.717, 1.165) is 10.4 Å². The third kappa shape index (κ3) is 4.68. The van der Waals surface area contributed by atoms with Gasteiger partial charge in [-0.2, -0.15) is 4.31 Å². The predicted molar refractivity (Wildman–Crippen MR) is 106 cm³/mol. The van der Waals surface area contributed by atoms with Gasteiger partial charge >= 0.3 is 11.9 Å². The van der Waals surface area contributed by atoms with Crippen molar-refractivity contribution >= 4 is 27.6 Å². The maximum atomic E-state index is 13.1. The summed E-state index contributed by atoms with van der Waals surface area (Å²) in [5.74, 6) is -1.41. The van der Waals surface area contributed by atoms with E-state index in [4.69, 9.17) is 9.47 Å². The lowest BCUT2D eigenvalue weighted by atomic mass is 9.79. The molecule has 30 heavy (non-hydrogen) atoms. The molecule has 0 spiro atoms. The molecule has 0 radical (unpaired) electrons. The highest BCUT2D eigenvalue weighted by Crippen LogP contribution is 2.34. The Labute approximate surface area is 174 Å². The molecular formula is C19H24N2O8S. The minimum absolute atomic E-state index is 0.00822. The van der Waals surface area contributed by atoms with Gasteiger partial charge in [-0.05, 0) is 25.3 Å². The van der Waals surface area contributed by atoms with E-state index >= 15 is 0 Å². The zero-order valence-corrected chi connectivity index (χ0v) is 17.6. The molecule has 1 aromatic carbocycles. The van der Waals surface area contributed by atoms with E-state index in [1.807, 2.05) is 0 Å². The summed E-state index contributed by atoms with van der Waals surface area (Å²) >= 11 is 0. The number of nitro benzene ring substituents is 1. The quantitative estimate of drug-likeness (QED) is 0.223. The van der Waals surface area contributed by atoms with Crippen LogP contribution in [0.15, 0.2) is 41.3 Å². The third-order valence-electron chi connectivity index (χ3n) is 5.04. The minimum atomic E-state index is -4.12. The van der Waals surface area contributed by atoms with E-state index in [1.165, 1.54) is 44.6 Å². The van der Waals surface area contributed by atoms with Gasteiger partial charge in [0.2, 0.25) is 10.0 Å². The molecule has 1 aromatic rings. The standard InChI is InChI=1S/C19H24N2O8S/c1-28-17(22)19(18(23)29-2)11-5-7-13-20(14-8-6-12-19)30(26,27)16-10-4-3-9-15(16)21(24)25/h3-5,7,9-10H,6,8,11-14H2,1-2H3/b7-5+. The fourth-order valence-corrected chi connectivity index (χ4v) is 5.00. The van der Waals surface area contributed by atoms with Crippen molar-refractivity contribution in [2.45, 2.75) is 30.6 Å². The Morgan fingerprint density at radius 2 is 1.73 bits per heavy atom. The van der Waals surface area contributed by atoms with Crippen molar-refractivity contribution < 1.29 is 32.4 Å². The molecule has 0 N–H and O–H groups in total. The summed E-state index contributed by atoms with van der Waals surface area (Å²) in [7, 11) is -1.74. The van der Waals surface area contributed by atoms with Crippen LogP contribution in [0.1, 0.15) is 25.7 Å². The third-order valence-corrected chi connectivity index (χ3v) is 6.95. The van der Waals surface area contributed by atoms with Crippen molar-refractivity contribution in [2.24, 2.45) is 5.41 Å². The van der Waals surface area contributed by atoms with Gasteiger partial charge in [-0.15, -0.1) is 0 Å². The Bertz CT molecular complexity index is 926. The van der Waals surface area contributed by atoms with Crippen molar-refractivity contribution in [1.82, 2.24) is 4.31 Å². The van der Waals surface area contributed by atoms with Gasteiger partial charge in [0.15, 0.2) is 10.3 Å². The van der Waals surface area contributed by atoms with E-state index < -0.39 is 38.0 Å². The van der Waals surface area contributed by atoms with Gasteiger partial charge in [-0.3, -0.25) is 19.7 Å². The van der Waals surface area contributed by atoms with Crippen LogP contribution >= 0.6 is 0 Å². The number of rotatable bonds is 5. The number of hydrogen-bond acceptors (Lipinski definition) is 8. The lowest BCUT2D eigenvalue weighted by Crippen LogP contribution is -2.41. The molecule has 0 atom stereocenters. The van der Waals surface area contributed by atoms with E-state index in [0.29, 0.717) is 12.8 Å². The summed E-state index contributed by atoms with van der Waals surface area (Å²) in [6.07, 6.45) is 3.84. The molecule has 0 aromatic heterocycles. The number of nitrogens with zero attached hydrogens (tertiary/aromatic N) is 2. The Kier molecular flexibility index (Phi) is 7.68. The van der Waals surface area contributed by atoms with Crippen molar-refractivity contribution in [3.63, 3.8) is 0 Å². The Balaban J connectivity index is 2.34. The Morgan fingerprint density at radius 3 is 2.33 bits per heavy atom. The van der Waals surface area contributed by atoms with Gasteiger partial charge in [-0.1, -0.05) is 30.7 Å². The number of esters is 2. The summed E-state index contributed by atoms with van der Waals surface area (Å²) in [5.41, 5.74) is -1.98. The normalized spacial score (nSPS) is 18.7. The van der Waals surface area contributed by atoms with Crippen LogP contribution in [0, 0.1) is 15.5 Å². The highest BCUT2D eigenvalue weighted by atomic mass is 32.2. The first-order valence-corrected chi connectivity index (χ1v) is 10.7. The number of allylic oxidation sites excluding steroid dienone is 1. The molecule has 10 nitrogen and oxygen atoms in total. The molecule has 11 heteroatoms. The van der Waals surface area contributed by atoms with Gasteiger partial charge in [0.05, 0.1) is 19.1 Å². The molecule has 0 bridgehead atoms. The van der Waals surface area contributed by atoms with Gasteiger partial charge in [0, 0.05) is 19.2 Å². The summed E-state index contributed by atoms with van der Waals surface area (Å²) in [6, 6.07) is 5.18. The van der Waals surface area contributed by atoms with Crippen LogP contribution in [0.5, 0.6) is 0 Å². The number of carbonyl (C=O) groups excluding carboxylic acids is 2. The molecule has 0 amide bonds. The average molecular weight is 440 g/mol. The van der Waals surface area contributed by atoms with E-state index in [9.17, 15) is 28.1 Å². The molecule has 0 fully saturated rings. The van der Waals surface area contributed by atoms with Crippen LogP contribution in [0.25, 0.3) is 0 Å². The predicted octanol–water partition coefficient (Wildman–Crippen LogP) is 2.05. The van der Waals surface area contributed by atoms with Crippen molar-refractivity contribution in [1.29, 1.82) is 0 Å². The number of nitro groups is 1. The number of carbonyl (C=O) groups is 2. The van der Waals surface area contributed by atoms with Crippen molar-refractivity contribution in [2.75, 3.05) is 27.3 Å². The molecule has 0 saturated carbocycles. The maximum Gasteiger partial charge on any atom is 0.323 e. The first-order chi connectivity index (χ1) is 14.2. The van der Waals surface area contributed by atoms with Crippen LogP contribution in [-0.4, -0.2) is 56.9 Å².